The summed E-state index contributed by atoms with van der Waals surface area (Å²) in [7, 11) is 0. The van der Waals surface area contributed by atoms with Gasteiger partial charge in [0.25, 0.3) is 0 Å². The van der Waals surface area contributed by atoms with E-state index in [0.29, 0.717) is 35.2 Å². The topological polar surface area (TPSA) is 43.2 Å². The number of morpholine rings is 1. The lowest BCUT2D eigenvalue weighted by Gasteiger charge is -2.33. The summed E-state index contributed by atoms with van der Waals surface area (Å²) in [5.74, 6) is 2.91. The fourth-order valence-electron chi connectivity index (χ4n) is 5.34. The van der Waals surface area contributed by atoms with Gasteiger partial charge in [0.15, 0.2) is 5.82 Å². The van der Waals surface area contributed by atoms with Crippen LogP contribution in [0.3, 0.4) is 0 Å². The molecule has 0 bridgehead atoms. The minimum Gasteiger partial charge on any atom is -0.379 e. The molecule has 2 aromatic rings. The molecule has 2 unspecified atom stereocenters. The number of halogens is 3. The lowest BCUT2D eigenvalue weighted by atomic mass is 10.0. The van der Waals surface area contributed by atoms with Crippen LogP contribution >= 0.6 is 0 Å². The molecule has 1 aromatic heterocycles. The van der Waals surface area contributed by atoms with Gasteiger partial charge in [-0.05, 0) is 50.7 Å². The number of benzene rings is 1. The van der Waals surface area contributed by atoms with Crippen LogP contribution in [0.2, 0.25) is 0 Å². The van der Waals surface area contributed by atoms with Gasteiger partial charge in [-0.25, -0.2) is 9.67 Å². The first-order valence-electron chi connectivity index (χ1n) is 10.8. The van der Waals surface area contributed by atoms with Crippen molar-refractivity contribution in [1.82, 2.24) is 19.7 Å². The summed E-state index contributed by atoms with van der Waals surface area (Å²) in [5.41, 5.74) is -0.249. The molecule has 162 valence electrons. The van der Waals surface area contributed by atoms with Crippen LogP contribution in [0.1, 0.15) is 50.0 Å². The molecule has 0 N–H and O–H groups in total. The Balaban J connectivity index is 1.37. The summed E-state index contributed by atoms with van der Waals surface area (Å²) in [6, 6.07) is 6.04. The van der Waals surface area contributed by atoms with E-state index in [-0.39, 0.29) is 6.04 Å². The van der Waals surface area contributed by atoms with Crippen molar-refractivity contribution in [2.24, 2.45) is 11.8 Å². The third kappa shape index (κ3) is 3.54. The van der Waals surface area contributed by atoms with E-state index in [0.717, 1.165) is 44.3 Å². The van der Waals surface area contributed by atoms with Crippen LogP contribution in [0.25, 0.3) is 11.4 Å². The second kappa shape index (κ2) is 7.34. The Morgan fingerprint density at radius 1 is 1.10 bits per heavy atom. The Labute approximate surface area is 174 Å². The number of fused-ring (bicyclic) bond motifs is 1. The summed E-state index contributed by atoms with van der Waals surface area (Å²) >= 11 is 0. The number of hydrogen-bond acceptors (Lipinski definition) is 4. The van der Waals surface area contributed by atoms with Crippen molar-refractivity contribution in [2.45, 2.75) is 50.9 Å². The van der Waals surface area contributed by atoms with Gasteiger partial charge in [-0.1, -0.05) is 12.1 Å². The second-order valence-electron chi connectivity index (χ2n) is 9.04. The van der Waals surface area contributed by atoms with Crippen LogP contribution in [-0.4, -0.2) is 52.0 Å². The third-order valence-electron chi connectivity index (χ3n) is 6.88. The first-order chi connectivity index (χ1) is 14.3. The molecule has 0 radical (unpaired) electrons. The molecule has 2 aliphatic carbocycles. The van der Waals surface area contributed by atoms with E-state index >= 15 is 0 Å². The van der Waals surface area contributed by atoms with Crippen molar-refractivity contribution in [1.29, 1.82) is 0 Å². The highest BCUT2D eigenvalue weighted by atomic mass is 19.4. The van der Waals surface area contributed by atoms with Crippen molar-refractivity contribution >= 4 is 0 Å². The zero-order valence-electron chi connectivity index (χ0n) is 17.3. The van der Waals surface area contributed by atoms with Crippen molar-refractivity contribution < 1.29 is 17.9 Å². The number of aromatic nitrogens is 3. The standard InChI is InChI=1S/C22H27F3N4O/c1-13(2)29-21(19-17-11-16(12-18(17)19)28-6-8-30-9-7-28)26-20(27-29)14-4-3-5-15(10-14)22(23,24)25/h3-5,10,13,16-19H,6-9,11-12H2,1-2H3. The summed E-state index contributed by atoms with van der Waals surface area (Å²) in [4.78, 5) is 7.31. The first-order valence-corrected chi connectivity index (χ1v) is 10.8. The average Bonchev–Trinajstić information content (AvgIpc) is 3.10. The van der Waals surface area contributed by atoms with E-state index in [1.54, 1.807) is 6.07 Å². The van der Waals surface area contributed by atoms with Crippen LogP contribution in [0.4, 0.5) is 13.2 Å². The number of ether oxygens (including phenoxy) is 1. The minimum atomic E-state index is -4.37. The van der Waals surface area contributed by atoms with Gasteiger partial charge in [-0.2, -0.15) is 18.3 Å². The van der Waals surface area contributed by atoms with Crippen LogP contribution in [0, 0.1) is 11.8 Å². The molecule has 5 rings (SSSR count). The molecule has 0 amide bonds. The van der Waals surface area contributed by atoms with Gasteiger partial charge in [0.1, 0.15) is 5.82 Å². The van der Waals surface area contributed by atoms with Crippen LogP contribution < -0.4 is 0 Å². The summed E-state index contributed by atoms with van der Waals surface area (Å²) in [6.45, 7) is 7.74. The summed E-state index contributed by atoms with van der Waals surface area (Å²) < 4.78 is 46.8. The molecule has 2 atom stereocenters. The Morgan fingerprint density at radius 3 is 2.43 bits per heavy atom. The molecule has 3 aliphatic rings. The molecule has 1 aromatic carbocycles. The summed E-state index contributed by atoms with van der Waals surface area (Å²) in [6.07, 6.45) is -2.04. The third-order valence-corrected chi connectivity index (χ3v) is 6.88. The van der Waals surface area contributed by atoms with E-state index in [1.165, 1.54) is 18.9 Å². The predicted octanol–water partition coefficient (Wildman–Crippen LogP) is 4.37. The second-order valence-corrected chi connectivity index (χ2v) is 9.04. The van der Waals surface area contributed by atoms with Gasteiger partial charge in [0, 0.05) is 36.7 Å². The van der Waals surface area contributed by atoms with Gasteiger partial charge in [-0.3, -0.25) is 4.90 Å². The highest BCUT2D eigenvalue weighted by Crippen LogP contribution is 2.63. The molecule has 1 saturated heterocycles. The van der Waals surface area contributed by atoms with Crippen molar-refractivity contribution in [3.63, 3.8) is 0 Å². The summed E-state index contributed by atoms with van der Waals surface area (Å²) in [5, 5.41) is 4.61. The molecular formula is C22H27F3N4O. The predicted molar refractivity (Wildman–Crippen MR) is 106 cm³/mol. The van der Waals surface area contributed by atoms with E-state index < -0.39 is 11.7 Å². The fraction of sp³-hybridized carbons (Fsp3) is 0.636. The average molecular weight is 420 g/mol. The van der Waals surface area contributed by atoms with Crippen molar-refractivity contribution in [3.05, 3.63) is 35.7 Å². The zero-order valence-corrected chi connectivity index (χ0v) is 17.3. The first kappa shape index (κ1) is 20.0. The number of hydrogen-bond donors (Lipinski definition) is 0. The van der Waals surface area contributed by atoms with Gasteiger partial charge in [0.05, 0.1) is 18.8 Å². The molecular weight excluding hydrogens is 393 g/mol. The van der Waals surface area contributed by atoms with Gasteiger partial charge in [-0.15, -0.1) is 0 Å². The van der Waals surface area contributed by atoms with Gasteiger partial charge < -0.3 is 4.74 Å². The van der Waals surface area contributed by atoms with Crippen molar-refractivity contribution in [2.75, 3.05) is 26.3 Å². The molecule has 1 aliphatic heterocycles. The Hall–Kier alpha value is -1.93. The van der Waals surface area contributed by atoms with Crippen LogP contribution in [0.5, 0.6) is 0 Å². The molecule has 2 heterocycles. The monoisotopic (exact) mass is 420 g/mol. The zero-order chi connectivity index (χ0) is 21.0. The lowest BCUT2D eigenvalue weighted by molar-refractivity contribution is -0.137. The molecule has 3 fully saturated rings. The Kier molecular flexibility index (Phi) is 4.89. The van der Waals surface area contributed by atoms with Gasteiger partial charge >= 0.3 is 6.18 Å². The highest BCUT2D eigenvalue weighted by Gasteiger charge is 2.59. The minimum absolute atomic E-state index is 0.114. The van der Waals surface area contributed by atoms with Crippen molar-refractivity contribution in [3.8, 4) is 11.4 Å². The largest absolute Gasteiger partial charge is 0.416 e. The quantitative estimate of drug-likeness (QED) is 0.737. The van der Waals surface area contributed by atoms with E-state index in [9.17, 15) is 13.2 Å². The fourth-order valence-corrected chi connectivity index (χ4v) is 5.34. The maximum atomic E-state index is 13.1. The highest BCUT2D eigenvalue weighted by molar-refractivity contribution is 5.56. The van der Waals surface area contributed by atoms with E-state index in [4.69, 9.17) is 9.72 Å². The lowest BCUT2D eigenvalue weighted by Crippen LogP contribution is -2.43. The SMILES string of the molecule is CC(C)n1nc(-c2cccc(C(F)(F)F)c2)nc1C1C2CC(N3CCOCC3)CC21. The molecule has 0 spiro atoms. The number of alkyl halides is 3. The van der Waals surface area contributed by atoms with Crippen LogP contribution in [0.15, 0.2) is 24.3 Å². The maximum absolute atomic E-state index is 13.1. The molecule has 30 heavy (non-hydrogen) atoms. The Morgan fingerprint density at radius 2 is 1.80 bits per heavy atom. The number of rotatable bonds is 4. The molecule has 8 heteroatoms. The van der Waals surface area contributed by atoms with E-state index in [1.807, 2.05) is 18.5 Å². The Bertz CT molecular complexity index is 907. The van der Waals surface area contributed by atoms with Crippen LogP contribution in [-0.2, 0) is 10.9 Å². The smallest absolute Gasteiger partial charge is 0.379 e. The van der Waals surface area contributed by atoms with Gasteiger partial charge in [0.2, 0.25) is 0 Å². The number of nitrogens with zero attached hydrogens (tertiary/aromatic N) is 4. The normalized spacial score (nSPS) is 29.4. The molecule has 2 saturated carbocycles. The molecule has 5 nitrogen and oxygen atoms in total. The maximum Gasteiger partial charge on any atom is 0.416 e. The van der Waals surface area contributed by atoms with E-state index in [2.05, 4.69) is 10.00 Å².